The van der Waals surface area contributed by atoms with Crippen LogP contribution in [-0.4, -0.2) is 17.9 Å². The second kappa shape index (κ2) is 5.68. The first-order valence-electron chi connectivity index (χ1n) is 10.1. The van der Waals surface area contributed by atoms with Gasteiger partial charge in [0.1, 0.15) is 11.5 Å². The molecular formula is C23H30O3. The molecule has 26 heavy (non-hydrogen) atoms. The van der Waals surface area contributed by atoms with E-state index in [1.807, 2.05) is 38.1 Å². The van der Waals surface area contributed by atoms with Crippen LogP contribution in [0.25, 0.3) is 0 Å². The fourth-order valence-electron chi connectivity index (χ4n) is 5.96. The van der Waals surface area contributed by atoms with Crippen molar-refractivity contribution < 1.29 is 14.3 Å². The predicted octanol–water partition coefficient (Wildman–Crippen LogP) is 4.78. The number of ketones is 1. The van der Waals surface area contributed by atoms with E-state index in [0.717, 1.165) is 18.4 Å². The van der Waals surface area contributed by atoms with Gasteiger partial charge in [-0.05, 0) is 41.6 Å². The van der Waals surface area contributed by atoms with Crippen LogP contribution in [0.1, 0.15) is 69.8 Å². The van der Waals surface area contributed by atoms with E-state index in [1.54, 1.807) is 0 Å². The van der Waals surface area contributed by atoms with Gasteiger partial charge in [-0.25, -0.2) is 0 Å². The maximum atomic E-state index is 13.5. The quantitative estimate of drug-likeness (QED) is 0.734. The molecule has 0 saturated heterocycles. The molecule has 2 fully saturated rings. The largest absolute Gasteiger partial charge is 0.461 e. The summed E-state index contributed by atoms with van der Waals surface area (Å²) in [5, 5.41) is 0. The number of esters is 1. The van der Waals surface area contributed by atoms with Crippen LogP contribution < -0.4 is 0 Å². The van der Waals surface area contributed by atoms with Gasteiger partial charge < -0.3 is 4.74 Å². The highest BCUT2D eigenvalue weighted by molar-refractivity contribution is 6.15. The second-order valence-corrected chi connectivity index (χ2v) is 9.64. The van der Waals surface area contributed by atoms with Crippen LogP contribution >= 0.6 is 0 Å². The van der Waals surface area contributed by atoms with Gasteiger partial charge in [-0.2, -0.15) is 0 Å². The van der Waals surface area contributed by atoms with E-state index < -0.39 is 5.41 Å². The highest BCUT2D eigenvalue weighted by Crippen LogP contribution is 2.74. The van der Waals surface area contributed by atoms with Crippen LogP contribution in [0.15, 0.2) is 24.3 Å². The molecule has 0 amide bonds. The van der Waals surface area contributed by atoms with Gasteiger partial charge in [0, 0.05) is 11.5 Å². The first-order chi connectivity index (χ1) is 12.2. The molecule has 0 bridgehead atoms. The summed E-state index contributed by atoms with van der Waals surface area (Å²) in [6, 6.07) is 7.61. The average Bonchev–Trinajstić information content (AvgIpc) is 2.96. The maximum absolute atomic E-state index is 13.5. The Morgan fingerprint density at radius 2 is 1.88 bits per heavy atom. The summed E-state index contributed by atoms with van der Waals surface area (Å²) in [6.07, 6.45) is 3.23. The SMILES string of the molecule is CC(C)[C@@H]1CC[C@@H](C)C[C@H]1OC(=O)C12c3ccccc3C(=O)C1C2(C)C. The third-order valence-corrected chi connectivity index (χ3v) is 7.51. The van der Waals surface area contributed by atoms with Crippen molar-refractivity contribution in [3.63, 3.8) is 0 Å². The van der Waals surface area contributed by atoms with E-state index in [4.69, 9.17) is 4.74 Å². The number of fused-ring (bicyclic) bond motifs is 3. The summed E-state index contributed by atoms with van der Waals surface area (Å²) in [5.41, 5.74) is 0.465. The van der Waals surface area contributed by atoms with E-state index in [2.05, 4.69) is 20.8 Å². The van der Waals surface area contributed by atoms with Crippen LogP contribution in [-0.2, 0) is 14.9 Å². The molecule has 3 nitrogen and oxygen atoms in total. The molecule has 1 aromatic carbocycles. The summed E-state index contributed by atoms with van der Waals surface area (Å²) in [7, 11) is 0. The normalized spacial score (nSPS) is 37.2. The molecule has 0 heterocycles. The predicted molar refractivity (Wildman–Crippen MR) is 101 cm³/mol. The molecule has 0 aliphatic heterocycles. The highest BCUT2D eigenvalue weighted by Gasteiger charge is 2.83. The van der Waals surface area contributed by atoms with Gasteiger partial charge in [-0.1, -0.05) is 65.3 Å². The Kier molecular flexibility index (Phi) is 3.88. The van der Waals surface area contributed by atoms with Crippen molar-refractivity contribution >= 4 is 11.8 Å². The Labute approximate surface area is 156 Å². The van der Waals surface area contributed by atoms with Crippen LogP contribution in [0.5, 0.6) is 0 Å². The molecule has 1 aromatic rings. The molecule has 0 N–H and O–H groups in total. The minimum atomic E-state index is -0.775. The number of ether oxygens (including phenoxy) is 1. The standard InChI is InChI=1S/C23H30O3/c1-13(2)15-11-10-14(3)12-18(15)26-21(25)23-17-9-7-6-8-16(17)19(24)20(23)22(23,4)5/h6-9,13-15,18,20H,10-12H2,1-5H3/t14-,15+,18-,20?,23?/m1/s1. The topological polar surface area (TPSA) is 43.4 Å². The lowest BCUT2D eigenvalue weighted by atomic mass is 9.75. The van der Waals surface area contributed by atoms with Gasteiger partial charge >= 0.3 is 5.97 Å². The first kappa shape index (κ1) is 17.8. The van der Waals surface area contributed by atoms with Crippen molar-refractivity contribution in [1.82, 2.24) is 0 Å². The molecule has 2 unspecified atom stereocenters. The van der Waals surface area contributed by atoms with Crippen molar-refractivity contribution in [2.75, 3.05) is 0 Å². The minimum Gasteiger partial charge on any atom is -0.461 e. The Bertz CT molecular complexity index is 762. The van der Waals surface area contributed by atoms with Crippen molar-refractivity contribution in [2.45, 2.75) is 65.4 Å². The van der Waals surface area contributed by atoms with E-state index in [1.165, 1.54) is 6.42 Å². The molecule has 0 spiro atoms. The molecule has 0 aromatic heterocycles. The van der Waals surface area contributed by atoms with E-state index >= 15 is 0 Å². The number of benzene rings is 1. The lowest BCUT2D eigenvalue weighted by molar-refractivity contribution is -0.160. The third-order valence-electron chi connectivity index (χ3n) is 7.51. The number of carbonyl (C=O) groups excluding carboxylic acids is 2. The lowest BCUT2D eigenvalue weighted by Crippen LogP contribution is -2.39. The zero-order chi connectivity index (χ0) is 18.9. The lowest BCUT2D eigenvalue weighted by Gasteiger charge is -2.37. The van der Waals surface area contributed by atoms with Gasteiger partial charge in [0.25, 0.3) is 0 Å². The van der Waals surface area contributed by atoms with Crippen molar-refractivity contribution in [3.8, 4) is 0 Å². The molecule has 2 saturated carbocycles. The van der Waals surface area contributed by atoms with Crippen molar-refractivity contribution in [3.05, 3.63) is 35.4 Å². The van der Waals surface area contributed by atoms with Gasteiger partial charge in [0.2, 0.25) is 0 Å². The van der Waals surface area contributed by atoms with Crippen molar-refractivity contribution in [2.24, 2.45) is 29.1 Å². The molecule has 3 aliphatic carbocycles. The molecule has 3 heteroatoms. The molecule has 4 rings (SSSR count). The summed E-state index contributed by atoms with van der Waals surface area (Å²) < 4.78 is 6.21. The van der Waals surface area contributed by atoms with Crippen LogP contribution in [0, 0.1) is 29.1 Å². The van der Waals surface area contributed by atoms with Crippen molar-refractivity contribution in [1.29, 1.82) is 0 Å². The van der Waals surface area contributed by atoms with E-state index in [9.17, 15) is 9.59 Å². The van der Waals surface area contributed by atoms with Crippen LogP contribution in [0.3, 0.4) is 0 Å². The zero-order valence-electron chi connectivity index (χ0n) is 16.5. The zero-order valence-corrected chi connectivity index (χ0v) is 16.5. The molecule has 5 atom stereocenters. The van der Waals surface area contributed by atoms with Crippen LogP contribution in [0.2, 0.25) is 0 Å². The Morgan fingerprint density at radius 1 is 1.19 bits per heavy atom. The number of hydrogen-bond donors (Lipinski definition) is 0. The Morgan fingerprint density at radius 3 is 2.58 bits per heavy atom. The summed E-state index contributed by atoms with van der Waals surface area (Å²) in [5.74, 6) is 1.17. The average molecular weight is 354 g/mol. The summed E-state index contributed by atoms with van der Waals surface area (Å²) in [6.45, 7) is 10.8. The number of carbonyl (C=O) groups is 2. The third kappa shape index (κ3) is 2.12. The Hall–Kier alpha value is -1.64. The fraction of sp³-hybridized carbons (Fsp3) is 0.652. The van der Waals surface area contributed by atoms with Gasteiger partial charge in [0.05, 0.1) is 0 Å². The molecular weight excluding hydrogens is 324 g/mol. The maximum Gasteiger partial charge on any atom is 0.318 e. The van der Waals surface area contributed by atoms with Gasteiger partial charge in [0.15, 0.2) is 5.78 Å². The number of hydrogen-bond acceptors (Lipinski definition) is 3. The monoisotopic (exact) mass is 354 g/mol. The first-order valence-corrected chi connectivity index (χ1v) is 10.1. The van der Waals surface area contributed by atoms with Crippen LogP contribution in [0.4, 0.5) is 0 Å². The number of Topliss-reactive ketones (excluding diaryl/α,β-unsaturated/α-hetero) is 1. The molecule has 0 radical (unpaired) electrons. The fourth-order valence-corrected chi connectivity index (χ4v) is 5.96. The van der Waals surface area contributed by atoms with Gasteiger partial charge in [-0.3, -0.25) is 9.59 Å². The van der Waals surface area contributed by atoms with E-state index in [-0.39, 0.29) is 29.2 Å². The van der Waals surface area contributed by atoms with E-state index in [0.29, 0.717) is 23.3 Å². The minimum absolute atomic E-state index is 0.0273. The molecule has 3 aliphatic rings. The molecule has 140 valence electrons. The Balaban J connectivity index is 1.67. The summed E-state index contributed by atoms with van der Waals surface area (Å²) in [4.78, 5) is 26.4. The summed E-state index contributed by atoms with van der Waals surface area (Å²) >= 11 is 0. The number of rotatable bonds is 3. The van der Waals surface area contributed by atoms with Gasteiger partial charge in [-0.15, -0.1) is 0 Å². The smallest absolute Gasteiger partial charge is 0.318 e. The highest BCUT2D eigenvalue weighted by atomic mass is 16.5. The second-order valence-electron chi connectivity index (χ2n) is 9.64.